The molecule has 3 aromatic rings. The first kappa shape index (κ1) is 19.0. The molecule has 0 saturated carbocycles. The van der Waals surface area contributed by atoms with E-state index in [1.54, 1.807) is 31.2 Å². The van der Waals surface area contributed by atoms with Crippen molar-refractivity contribution >= 4 is 34.3 Å². The van der Waals surface area contributed by atoms with Gasteiger partial charge in [-0.05, 0) is 38.1 Å². The number of hydrogen-bond acceptors (Lipinski definition) is 4. The number of hydrogen-bond donors (Lipinski definition) is 1. The summed E-state index contributed by atoms with van der Waals surface area (Å²) >= 11 is 1.08. The van der Waals surface area contributed by atoms with Gasteiger partial charge in [-0.1, -0.05) is 23.9 Å². The summed E-state index contributed by atoms with van der Waals surface area (Å²) in [5.41, 5.74) is 0.125. The zero-order valence-corrected chi connectivity index (χ0v) is 15.5. The predicted molar refractivity (Wildman–Crippen MR) is 102 cm³/mol. The number of nitrogens with one attached hydrogen (secondary N) is 1. The number of para-hydroxylation sites is 1. The van der Waals surface area contributed by atoms with Crippen molar-refractivity contribution in [3.63, 3.8) is 0 Å². The van der Waals surface area contributed by atoms with E-state index >= 15 is 0 Å². The molecule has 1 N–H and O–H groups in total. The normalized spacial score (nSPS) is 12.1. The Morgan fingerprint density at radius 2 is 2.00 bits per heavy atom. The van der Waals surface area contributed by atoms with Crippen molar-refractivity contribution in [3.8, 4) is 0 Å². The fraction of sp³-hybridized carbons (Fsp3) is 0.211. The van der Waals surface area contributed by atoms with Crippen molar-refractivity contribution in [2.75, 3.05) is 5.32 Å². The minimum absolute atomic E-state index is 0.186. The summed E-state index contributed by atoms with van der Waals surface area (Å²) in [6, 6.07) is 9.82. The number of nitrogens with zero attached hydrogens (tertiary/aromatic N) is 2. The summed E-state index contributed by atoms with van der Waals surface area (Å²) in [5.74, 6) is -1.89. The van der Waals surface area contributed by atoms with E-state index in [1.165, 1.54) is 4.57 Å². The Balaban J connectivity index is 1.87. The SMILES string of the molecule is CCn1c(SC(C)C(=O)Nc2cc(F)ccc2F)nc2ccccc2c1=O. The van der Waals surface area contributed by atoms with Crippen LogP contribution in [0, 0.1) is 11.6 Å². The third-order valence-corrected chi connectivity index (χ3v) is 5.07. The predicted octanol–water partition coefficient (Wildman–Crippen LogP) is 3.81. The summed E-state index contributed by atoms with van der Waals surface area (Å²) in [5, 5.41) is 2.58. The van der Waals surface area contributed by atoms with Crippen molar-refractivity contribution in [2.24, 2.45) is 0 Å². The molecular formula is C19H17F2N3O2S. The number of thioether (sulfide) groups is 1. The molecule has 140 valence electrons. The lowest BCUT2D eigenvalue weighted by atomic mass is 10.2. The van der Waals surface area contributed by atoms with E-state index in [1.807, 2.05) is 6.92 Å². The lowest BCUT2D eigenvalue weighted by molar-refractivity contribution is -0.115. The van der Waals surface area contributed by atoms with E-state index in [9.17, 15) is 18.4 Å². The maximum Gasteiger partial charge on any atom is 0.262 e. The Hall–Kier alpha value is -2.74. The van der Waals surface area contributed by atoms with Crippen molar-refractivity contribution in [1.82, 2.24) is 9.55 Å². The fourth-order valence-electron chi connectivity index (χ4n) is 2.56. The Labute approximate surface area is 158 Å². The Bertz CT molecular complexity index is 1070. The van der Waals surface area contributed by atoms with Gasteiger partial charge in [0, 0.05) is 12.6 Å². The quantitative estimate of drug-likeness (QED) is 0.532. The van der Waals surface area contributed by atoms with Crippen LogP contribution < -0.4 is 10.9 Å². The zero-order chi connectivity index (χ0) is 19.6. The van der Waals surface area contributed by atoms with Gasteiger partial charge in [-0.3, -0.25) is 14.2 Å². The van der Waals surface area contributed by atoms with Gasteiger partial charge in [-0.15, -0.1) is 0 Å². The van der Waals surface area contributed by atoms with Gasteiger partial charge in [0.25, 0.3) is 5.56 Å². The fourth-order valence-corrected chi connectivity index (χ4v) is 3.53. The monoisotopic (exact) mass is 389 g/mol. The molecule has 27 heavy (non-hydrogen) atoms. The van der Waals surface area contributed by atoms with Crippen LogP contribution in [0.5, 0.6) is 0 Å². The van der Waals surface area contributed by atoms with Crippen molar-refractivity contribution in [2.45, 2.75) is 30.8 Å². The molecule has 0 fully saturated rings. The molecule has 1 heterocycles. The molecule has 0 saturated heterocycles. The molecule has 8 heteroatoms. The van der Waals surface area contributed by atoms with Crippen LogP contribution in [0.15, 0.2) is 52.4 Å². The zero-order valence-electron chi connectivity index (χ0n) is 14.7. The van der Waals surface area contributed by atoms with E-state index in [0.29, 0.717) is 22.6 Å². The lowest BCUT2D eigenvalue weighted by Gasteiger charge is -2.15. The molecule has 3 rings (SSSR count). The summed E-state index contributed by atoms with van der Waals surface area (Å²) in [6.07, 6.45) is 0. The third-order valence-electron chi connectivity index (χ3n) is 3.98. The topological polar surface area (TPSA) is 64.0 Å². The van der Waals surface area contributed by atoms with Crippen LogP contribution in [0.1, 0.15) is 13.8 Å². The second kappa shape index (κ2) is 7.87. The molecule has 0 aliphatic rings. The van der Waals surface area contributed by atoms with Gasteiger partial charge in [0.15, 0.2) is 5.16 Å². The van der Waals surface area contributed by atoms with E-state index in [-0.39, 0.29) is 11.2 Å². The molecule has 0 spiro atoms. The van der Waals surface area contributed by atoms with Gasteiger partial charge < -0.3 is 5.32 Å². The average molecular weight is 389 g/mol. The molecule has 0 bridgehead atoms. The number of carbonyl (C=O) groups excluding carboxylic acids is 1. The molecule has 2 aromatic carbocycles. The number of fused-ring (bicyclic) bond motifs is 1. The minimum atomic E-state index is -0.726. The molecule has 1 unspecified atom stereocenters. The van der Waals surface area contributed by atoms with Crippen molar-refractivity contribution < 1.29 is 13.6 Å². The number of amides is 1. The number of anilines is 1. The van der Waals surface area contributed by atoms with Gasteiger partial charge in [0.2, 0.25) is 5.91 Å². The number of rotatable bonds is 5. The summed E-state index contributed by atoms with van der Waals surface area (Å²) < 4.78 is 28.5. The highest BCUT2D eigenvalue weighted by Gasteiger charge is 2.20. The van der Waals surface area contributed by atoms with Crippen LogP contribution in [-0.4, -0.2) is 20.7 Å². The van der Waals surface area contributed by atoms with Gasteiger partial charge in [0.1, 0.15) is 11.6 Å². The molecule has 1 aromatic heterocycles. The van der Waals surface area contributed by atoms with E-state index < -0.39 is 22.8 Å². The third kappa shape index (κ3) is 4.00. The lowest BCUT2D eigenvalue weighted by Crippen LogP contribution is -2.27. The van der Waals surface area contributed by atoms with Gasteiger partial charge in [0.05, 0.1) is 21.8 Å². The van der Waals surface area contributed by atoms with Crippen LogP contribution in [0.3, 0.4) is 0 Å². The molecule has 5 nitrogen and oxygen atoms in total. The first-order chi connectivity index (χ1) is 12.9. The van der Waals surface area contributed by atoms with Gasteiger partial charge in [-0.2, -0.15) is 0 Å². The first-order valence-corrected chi connectivity index (χ1v) is 9.20. The number of benzene rings is 2. The Kier molecular flexibility index (Phi) is 5.55. The molecule has 0 radical (unpaired) electrons. The molecule has 0 aliphatic heterocycles. The molecule has 0 aliphatic carbocycles. The van der Waals surface area contributed by atoms with Crippen molar-refractivity contribution in [1.29, 1.82) is 0 Å². The molecule has 1 amide bonds. The van der Waals surface area contributed by atoms with E-state index in [4.69, 9.17) is 0 Å². The molecule has 1 atom stereocenters. The molecular weight excluding hydrogens is 372 g/mol. The van der Waals surface area contributed by atoms with Crippen LogP contribution >= 0.6 is 11.8 Å². The maximum atomic E-state index is 13.7. The Morgan fingerprint density at radius 1 is 1.26 bits per heavy atom. The summed E-state index contributed by atoms with van der Waals surface area (Å²) in [7, 11) is 0. The highest BCUT2D eigenvalue weighted by molar-refractivity contribution is 8.00. The van der Waals surface area contributed by atoms with Crippen LogP contribution in [0.25, 0.3) is 10.9 Å². The number of halogens is 2. The second-order valence-electron chi connectivity index (χ2n) is 5.83. The average Bonchev–Trinajstić information content (AvgIpc) is 2.65. The van der Waals surface area contributed by atoms with Gasteiger partial charge >= 0.3 is 0 Å². The Morgan fingerprint density at radius 3 is 2.74 bits per heavy atom. The van der Waals surface area contributed by atoms with E-state index in [0.717, 1.165) is 30.0 Å². The maximum absolute atomic E-state index is 13.7. The van der Waals surface area contributed by atoms with Crippen LogP contribution in [0.4, 0.5) is 14.5 Å². The van der Waals surface area contributed by atoms with Crippen LogP contribution in [-0.2, 0) is 11.3 Å². The standard InChI is InChI=1S/C19H17F2N3O2S/c1-3-24-18(26)13-6-4-5-7-15(13)23-19(24)27-11(2)17(25)22-16-10-12(20)8-9-14(16)21/h4-11H,3H2,1-2H3,(H,22,25). The minimum Gasteiger partial charge on any atom is -0.323 e. The second-order valence-corrected chi connectivity index (χ2v) is 7.14. The first-order valence-electron chi connectivity index (χ1n) is 8.33. The smallest absolute Gasteiger partial charge is 0.262 e. The highest BCUT2D eigenvalue weighted by Crippen LogP contribution is 2.24. The number of aromatic nitrogens is 2. The van der Waals surface area contributed by atoms with Crippen LogP contribution in [0.2, 0.25) is 0 Å². The highest BCUT2D eigenvalue weighted by atomic mass is 32.2. The summed E-state index contributed by atoms with van der Waals surface area (Å²) in [4.78, 5) is 29.5. The van der Waals surface area contributed by atoms with Crippen molar-refractivity contribution in [3.05, 3.63) is 64.5 Å². The summed E-state index contributed by atoms with van der Waals surface area (Å²) in [6.45, 7) is 3.82. The largest absolute Gasteiger partial charge is 0.323 e. The number of carbonyl (C=O) groups is 1. The van der Waals surface area contributed by atoms with E-state index in [2.05, 4.69) is 10.3 Å². The van der Waals surface area contributed by atoms with Gasteiger partial charge in [-0.25, -0.2) is 13.8 Å².